The van der Waals surface area contributed by atoms with E-state index in [0.29, 0.717) is 29.5 Å². The lowest BCUT2D eigenvalue weighted by Gasteiger charge is -2.22. The van der Waals surface area contributed by atoms with Gasteiger partial charge in [-0.1, -0.05) is 6.08 Å². The third-order valence-electron chi connectivity index (χ3n) is 5.61. The summed E-state index contributed by atoms with van der Waals surface area (Å²) in [6, 6.07) is 10.4. The second kappa shape index (κ2) is 9.76. The number of halogens is 1. The second-order valence-electron chi connectivity index (χ2n) is 7.67. The molecule has 1 fully saturated rings. The number of carbonyl (C=O) groups excluding carboxylic acids is 1. The number of likely N-dealkylation sites (tertiary alicyclic amines) is 1. The Kier molecular flexibility index (Phi) is 7.11. The summed E-state index contributed by atoms with van der Waals surface area (Å²) in [6.07, 6.45) is 4.31. The fourth-order valence-corrected chi connectivity index (χ4v) is 3.74. The van der Waals surface area contributed by atoms with Crippen molar-refractivity contribution in [1.82, 2.24) is 10.2 Å². The number of nitrogens with one attached hydrogen (secondary N) is 2. The highest BCUT2D eigenvalue weighted by Crippen LogP contribution is 2.29. The summed E-state index contributed by atoms with van der Waals surface area (Å²) >= 11 is 0. The molecule has 2 aromatic rings. The summed E-state index contributed by atoms with van der Waals surface area (Å²) < 4.78 is 19.7. The van der Waals surface area contributed by atoms with E-state index in [1.165, 1.54) is 18.6 Å². The molecule has 1 heterocycles. The summed E-state index contributed by atoms with van der Waals surface area (Å²) in [5.74, 6) is 0.167. The van der Waals surface area contributed by atoms with Crippen LogP contribution in [0.5, 0.6) is 5.75 Å². The Morgan fingerprint density at radius 2 is 2.10 bits per heavy atom. The molecule has 1 aliphatic rings. The molecule has 2 aromatic carbocycles. The smallest absolute Gasteiger partial charge is 0.255 e. The van der Waals surface area contributed by atoms with Crippen LogP contribution in [0.25, 0.3) is 5.70 Å². The van der Waals surface area contributed by atoms with Gasteiger partial charge in [0.1, 0.15) is 18.2 Å². The Bertz CT molecular complexity index is 942. The number of benzene rings is 2. The third kappa shape index (κ3) is 5.00. The second-order valence-corrected chi connectivity index (χ2v) is 7.67. The quantitative estimate of drug-likeness (QED) is 0.707. The highest BCUT2D eigenvalue weighted by atomic mass is 19.1. The number of allylic oxidation sites excluding steroid dienone is 1. The Balaban J connectivity index is 1.80. The molecule has 2 N–H and O–H groups in total. The van der Waals surface area contributed by atoms with Gasteiger partial charge in [-0.15, -0.1) is 0 Å². The highest BCUT2D eigenvalue weighted by molar-refractivity contribution is 6.04. The minimum atomic E-state index is -0.324. The first-order chi connectivity index (χ1) is 14.4. The molecule has 1 saturated heterocycles. The van der Waals surface area contributed by atoms with Crippen LogP contribution >= 0.6 is 0 Å². The lowest BCUT2D eigenvalue weighted by molar-refractivity contribution is 0.102. The van der Waals surface area contributed by atoms with E-state index in [1.807, 2.05) is 38.2 Å². The van der Waals surface area contributed by atoms with E-state index < -0.39 is 0 Å². The largest absolute Gasteiger partial charge is 0.491 e. The van der Waals surface area contributed by atoms with E-state index in [0.717, 1.165) is 30.0 Å². The number of nitrogens with zero attached hydrogens (tertiary/aromatic N) is 1. The van der Waals surface area contributed by atoms with Gasteiger partial charge in [-0.2, -0.15) is 0 Å². The number of hydrogen-bond acceptors (Lipinski definition) is 4. The average Bonchev–Trinajstić information content (AvgIpc) is 3.15. The molecule has 5 nitrogen and oxygen atoms in total. The van der Waals surface area contributed by atoms with E-state index >= 15 is 0 Å². The minimum absolute atomic E-state index is 0.281. The maximum absolute atomic E-state index is 13.5. The van der Waals surface area contributed by atoms with E-state index in [9.17, 15) is 9.18 Å². The van der Waals surface area contributed by atoms with Crippen LogP contribution in [-0.4, -0.2) is 44.1 Å². The van der Waals surface area contributed by atoms with Crippen LogP contribution in [0.2, 0.25) is 0 Å². The lowest BCUT2D eigenvalue weighted by Crippen LogP contribution is -2.30. The third-order valence-corrected chi connectivity index (χ3v) is 5.61. The Hall–Kier alpha value is -2.86. The first-order valence-electron chi connectivity index (χ1n) is 10.3. The van der Waals surface area contributed by atoms with E-state index in [2.05, 4.69) is 22.6 Å². The van der Waals surface area contributed by atoms with Gasteiger partial charge in [0.15, 0.2) is 0 Å². The molecular weight excluding hydrogens is 381 g/mol. The van der Waals surface area contributed by atoms with Gasteiger partial charge in [0.2, 0.25) is 0 Å². The highest BCUT2D eigenvalue weighted by Gasteiger charge is 2.22. The molecule has 0 radical (unpaired) electrons. The average molecular weight is 412 g/mol. The molecule has 160 valence electrons. The van der Waals surface area contributed by atoms with Crippen LogP contribution in [0.15, 0.2) is 42.5 Å². The number of anilines is 1. The minimum Gasteiger partial charge on any atom is -0.491 e. The van der Waals surface area contributed by atoms with Gasteiger partial charge in [-0.3, -0.25) is 4.79 Å². The number of carbonyl (C=O) groups is 1. The van der Waals surface area contributed by atoms with Crippen LogP contribution < -0.4 is 15.4 Å². The summed E-state index contributed by atoms with van der Waals surface area (Å²) in [5, 5.41) is 6.09. The normalized spacial score (nSPS) is 17.1. The summed E-state index contributed by atoms with van der Waals surface area (Å²) in [4.78, 5) is 14.9. The molecule has 6 heteroatoms. The Morgan fingerprint density at radius 1 is 1.30 bits per heavy atom. The zero-order valence-electron chi connectivity index (χ0n) is 18.1. The number of ether oxygens (including phenoxy) is 1. The number of aryl methyl sites for hydroxylation is 1. The van der Waals surface area contributed by atoms with Crippen molar-refractivity contribution in [2.45, 2.75) is 32.7 Å². The van der Waals surface area contributed by atoms with Crippen molar-refractivity contribution < 1.29 is 13.9 Å². The zero-order valence-corrected chi connectivity index (χ0v) is 18.1. The van der Waals surface area contributed by atoms with Crippen molar-refractivity contribution in [3.63, 3.8) is 0 Å². The van der Waals surface area contributed by atoms with E-state index in [4.69, 9.17) is 4.74 Å². The van der Waals surface area contributed by atoms with Crippen molar-refractivity contribution in [3.05, 3.63) is 65.0 Å². The zero-order chi connectivity index (χ0) is 21.7. The predicted octanol–water partition coefficient (Wildman–Crippen LogP) is 4.44. The van der Waals surface area contributed by atoms with Gasteiger partial charge < -0.3 is 20.3 Å². The van der Waals surface area contributed by atoms with Crippen LogP contribution in [0.4, 0.5) is 10.1 Å². The Morgan fingerprint density at radius 3 is 2.73 bits per heavy atom. The van der Waals surface area contributed by atoms with Crippen LogP contribution in [0.3, 0.4) is 0 Å². The standard InChI is InChI=1S/C24H30FN3O2/c1-5-22(26-3)20-14-18(27-24(29)17-8-10-21(25)16(2)13-17)9-11-23(20)30-15-19-7-6-12-28(19)4/h5,8-11,13-14,19,26H,6-7,12,15H2,1-4H3,(H,27,29)/b22-5-. The lowest BCUT2D eigenvalue weighted by atomic mass is 10.1. The number of hydrogen-bond donors (Lipinski definition) is 2. The van der Waals surface area contributed by atoms with Crippen molar-refractivity contribution in [1.29, 1.82) is 0 Å². The molecule has 0 bridgehead atoms. The van der Waals surface area contributed by atoms with Crippen molar-refractivity contribution in [3.8, 4) is 5.75 Å². The van der Waals surface area contributed by atoms with Gasteiger partial charge >= 0.3 is 0 Å². The van der Waals surface area contributed by atoms with Crippen LogP contribution in [0, 0.1) is 12.7 Å². The monoisotopic (exact) mass is 411 g/mol. The molecule has 0 saturated carbocycles. The summed E-state index contributed by atoms with van der Waals surface area (Å²) in [7, 11) is 3.99. The summed E-state index contributed by atoms with van der Waals surface area (Å²) in [6.45, 7) is 5.33. The maximum Gasteiger partial charge on any atom is 0.255 e. The number of amides is 1. The molecule has 0 aliphatic carbocycles. The fraction of sp³-hybridized carbons (Fsp3) is 0.375. The molecule has 1 amide bonds. The predicted molar refractivity (Wildman–Crippen MR) is 119 cm³/mol. The molecule has 30 heavy (non-hydrogen) atoms. The van der Waals surface area contributed by atoms with Crippen LogP contribution in [-0.2, 0) is 0 Å². The Labute approximate surface area is 177 Å². The first kappa shape index (κ1) is 21.8. The van der Waals surface area contributed by atoms with E-state index in [1.54, 1.807) is 13.0 Å². The van der Waals surface area contributed by atoms with Gasteiger partial charge in [-0.05, 0) is 82.2 Å². The molecule has 0 aromatic heterocycles. The number of likely N-dealkylation sites (N-methyl/N-ethyl adjacent to an activating group) is 1. The first-order valence-corrected chi connectivity index (χ1v) is 10.3. The molecule has 1 aliphatic heterocycles. The summed E-state index contributed by atoms with van der Waals surface area (Å²) in [5.41, 5.74) is 3.31. The SMILES string of the molecule is C/C=C(\NC)c1cc(NC(=O)c2ccc(F)c(C)c2)ccc1OCC1CCCN1C. The van der Waals surface area contributed by atoms with Gasteiger partial charge in [-0.25, -0.2) is 4.39 Å². The molecule has 0 spiro atoms. The van der Waals surface area contributed by atoms with Gasteiger partial charge in [0.25, 0.3) is 5.91 Å². The van der Waals surface area contributed by atoms with Crippen molar-refractivity contribution >= 4 is 17.3 Å². The molecular formula is C24H30FN3O2. The van der Waals surface area contributed by atoms with Crippen LogP contribution in [0.1, 0.15) is 41.3 Å². The van der Waals surface area contributed by atoms with Crippen molar-refractivity contribution in [2.24, 2.45) is 0 Å². The van der Waals surface area contributed by atoms with Gasteiger partial charge in [0.05, 0.1) is 0 Å². The fourth-order valence-electron chi connectivity index (χ4n) is 3.74. The van der Waals surface area contributed by atoms with E-state index in [-0.39, 0.29) is 11.7 Å². The maximum atomic E-state index is 13.5. The van der Waals surface area contributed by atoms with Crippen molar-refractivity contribution in [2.75, 3.05) is 32.6 Å². The molecule has 1 unspecified atom stereocenters. The topological polar surface area (TPSA) is 53.6 Å². The van der Waals surface area contributed by atoms with Gasteiger partial charge in [0, 0.05) is 35.6 Å². The molecule has 1 atom stereocenters. The number of rotatable bonds is 7. The molecule has 3 rings (SSSR count).